The molecular formula is C19H24F3N3OS. The highest BCUT2D eigenvalue weighted by molar-refractivity contribution is 7.07. The van der Waals surface area contributed by atoms with E-state index in [1.54, 1.807) is 17.4 Å². The fraction of sp³-hybridized carbons (Fsp3) is 0.421. The standard InChI is InChI=1S/C19H24F3N3OS/c1-3-25(4-2)17(15-8-9-27-13-15)12-24-18(26)23-11-14-6-5-7-16(10-14)19(20,21)22/h5-10,13,17H,3-4,11-12H2,1-2H3,(H2,23,24,26). The van der Waals surface area contributed by atoms with Crippen LogP contribution in [0.15, 0.2) is 41.1 Å². The Hall–Kier alpha value is -2.06. The van der Waals surface area contributed by atoms with Crippen molar-refractivity contribution in [3.63, 3.8) is 0 Å². The molecule has 2 amide bonds. The van der Waals surface area contributed by atoms with Gasteiger partial charge in [-0.15, -0.1) is 0 Å². The molecule has 27 heavy (non-hydrogen) atoms. The minimum atomic E-state index is -4.39. The molecule has 2 aromatic rings. The minimum absolute atomic E-state index is 0.0319. The Morgan fingerprint density at radius 1 is 1.19 bits per heavy atom. The zero-order chi connectivity index (χ0) is 19.9. The van der Waals surface area contributed by atoms with Crippen LogP contribution in [0.5, 0.6) is 0 Å². The lowest BCUT2D eigenvalue weighted by Gasteiger charge is -2.29. The van der Waals surface area contributed by atoms with E-state index in [0.717, 1.165) is 30.8 Å². The summed E-state index contributed by atoms with van der Waals surface area (Å²) in [4.78, 5) is 14.4. The normalized spacial score (nSPS) is 12.8. The first kappa shape index (κ1) is 21.2. The number of benzene rings is 1. The van der Waals surface area contributed by atoms with Crippen molar-refractivity contribution < 1.29 is 18.0 Å². The summed E-state index contributed by atoms with van der Waals surface area (Å²) in [7, 11) is 0. The lowest BCUT2D eigenvalue weighted by Crippen LogP contribution is -2.41. The topological polar surface area (TPSA) is 44.4 Å². The van der Waals surface area contributed by atoms with E-state index in [-0.39, 0.29) is 12.6 Å². The predicted octanol–water partition coefficient (Wildman–Crippen LogP) is 4.65. The van der Waals surface area contributed by atoms with E-state index in [9.17, 15) is 18.0 Å². The van der Waals surface area contributed by atoms with Crippen LogP contribution in [0, 0.1) is 0 Å². The quantitative estimate of drug-likeness (QED) is 0.679. The zero-order valence-electron chi connectivity index (χ0n) is 15.3. The van der Waals surface area contributed by atoms with Crippen molar-refractivity contribution in [2.24, 2.45) is 0 Å². The molecule has 0 radical (unpaired) electrons. The van der Waals surface area contributed by atoms with Gasteiger partial charge in [-0.2, -0.15) is 24.5 Å². The molecule has 1 heterocycles. The number of carbonyl (C=O) groups excluding carboxylic acids is 1. The second kappa shape index (κ2) is 9.75. The molecular weight excluding hydrogens is 375 g/mol. The van der Waals surface area contributed by atoms with Gasteiger partial charge in [0.25, 0.3) is 0 Å². The monoisotopic (exact) mass is 399 g/mol. The molecule has 0 saturated heterocycles. The van der Waals surface area contributed by atoms with Crippen LogP contribution in [-0.4, -0.2) is 30.6 Å². The molecule has 2 rings (SSSR count). The fourth-order valence-electron chi connectivity index (χ4n) is 2.88. The van der Waals surface area contributed by atoms with Gasteiger partial charge in [-0.25, -0.2) is 4.79 Å². The van der Waals surface area contributed by atoms with Crippen LogP contribution >= 0.6 is 11.3 Å². The summed E-state index contributed by atoms with van der Waals surface area (Å²) in [6.07, 6.45) is -4.39. The fourth-order valence-corrected chi connectivity index (χ4v) is 3.59. The Morgan fingerprint density at radius 3 is 2.52 bits per heavy atom. The molecule has 1 aromatic carbocycles. The number of halogens is 3. The maximum atomic E-state index is 12.8. The van der Waals surface area contributed by atoms with E-state index in [2.05, 4.69) is 34.8 Å². The smallest absolute Gasteiger partial charge is 0.336 e. The van der Waals surface area contributed by atoms with Gasteiger partial charge >= 0.3 is 12.2 Å². The lowest BCUT2D eigenvalue weighted by atomic mass is 10.1. The second-order valence-corrected chi connectivity index (χ2v) is 6.84. The summed E-state index contributed by atoms with van der Waals surface area (Å²) in [6, 6.07) is 6.65. The number of rotatable bonds is 8. The molecule has 0 saturated carbocycles. The van der Waals surface area contributed by atoms with Gasteiger partial charge in [-0.1, -0.05) is 26.0 Å². The molecule has 2 N–H and O–H groups in total. The van der Waals surface area contributed by atoms with Gasteiger partial charge in [0.1, 0.15) is 0 Å². The Kier molecular flexibility index (Phi) is 7.67. The number of nitrogens with zero attached hydrogens (tertiary/aromatic N) is 1. The number of alkyl halides is 3. The van der Waals surface area contributed by atoms with E-state index in [1.807, 2.05) is 11.4 Å². The van der Waals surface area contributed by atoms with E-state index in [0.29, 0.717) is 12.1 Å². The van der Waals surface area contributed by atoms with Gasteiger partial charge in [-0.05, 0) is 53.2 Å². The summed E-state index contributed by atoms with van der Waals surface area (Å²) in [5.41, 5.74) is 0.821. The summed E-state index contributed by atoms with van der Waals surface area (Å²) in [5, 5.41) is 9.51. The molecule has 0 fully saturated rings. The third kappa shape index (κ3) is 6.25. The third-order valence-corrected chi connectivity index (χ3v) is 5.05. The number of amides is 2. The number of hydrogen-bond donors (Lipinski definition) is 2. The Morgan fingerprint density at radius 2 is 1.93 bits per heavy atom. The van der Waals surface area contributed by atoms with Gasteiger partial charge in [0.2, 0.25) is 0 Å². The number of carbonyl (C=O) groups is 1. The molecule has 148 valence electrons. The molecule has 1 aromatic heterocycles. The van der Waals surface area contributed by atoms with Gasteiger partial charge in [0.15, 0.2) is 0 Å². The molecule has 0 aliphatic heterocycles. The molecule has 0 aliphatic carbocycles. The molecule has 4 nitrogen and oxygen atoms in total. The third-order valence-electron chi connectivity index (χ3n) is 4.34. The number of likely N-dealkylation sites (N-methyl/N-ethyl adjacent to an activating group) is 1. The highest BCUT2D eigenvalue weighted by Gasteiger charge is 2.30. The van der Waals surface area contributed by atoms with Crippen LogP contribution in [0.2, 0.25) is 0 Å². The van der Waals surface area contributed by atoms with Crippen molar-refractivity contribution in [2.45, 2.75) is 32.6 Å². The van der Waals surface area contributed by atoms with Crippen LogP contribution in [0.1, 0.15) is 36.6 Å². The summed E-state index contributed by atoms with van der Waals surface area (Å²) >= 11 is 1.60. The van der Waals surface area contributed by atoms with E-state index >= 15 is 0 Å². The van der Waals surface area contributed by atoms with Crippen molar-refractivity contribution in [3.05, 3.63) is 57.8 Å². The summed E-state index contributed by atoms with van der Waals surface area (Å²) < 4.78 is 38.3. The van der Waals surface area contributed by atoms with Crippen LogP contribution in [0.3, 0.4) is 0 Å². The average molecular weight is 399 g/mol. The SMILES string of the molecule is CCN(CC)C(CNC(=O)NCc1cccc(C(F)(F)F)c1)c1ccsc1. The van der Waals surface area contributed by atoms with Crippen molar-refractivity contribution in [1.82, 2.24) is 15.5 Å². The molecule has 8 heteroatoms. The van der Waals surface area contributed by atoms with Crippen molar-refractivity contribution >= 4 is 17.4 Å². The largest absolute Gasteiger partial charge is 0.416 e. The number of urea groups is 1. The molecule has 0 bridgehead atoms. The van der Waals surface area contributed by atoms with Gasteiger partial charge in [-0.3, -0.25) is 4.90 Å². The molecule has 0 aliphatic rings. The maximum Gasteiger partial charge on any atom is 0.416 e. The van der Waals surface area contributed by atoms with Gasteiger partial charge < -0.3 is 10.6 Å². The van der Waals surface area contributed by atoms with Crippen LogP contribution < -0.4 is 10.6 Å². The first-order valence-electron chi connectivity index (χ1n) is 8.79. The highest BCUT2D eigenvalue weighted by atomic mass is 32.1. The first-order chi connectivity index (χ1) is 12.8. The minimum Gasteiger partial charge on any atom is -0.336 e. The maximum absolute atomic E-state index is 12.8. The van der Waals surface area contributed by atoms with Gasteiger partial charge in [0, 0.05) is 13.1 Å². The average Bonchev–Trinajstić information content (AvgIpc) is 3.17. The second-order valence-electron chi connectivity index (χ2n) is 6.06. The summed E-state index contributed by atoms with van der Waals surface area (Å²) in [5.74, 6) is 0. The summed E-state index contributed by atoms with van der Waals surface area (Å²) in [6.45, 7) is 6.29. The molecule has 1 atom stereocenters. The van der Waals surface area contributed by atoms with Crippen LogP contribution in [-0.2, 0) is 12.7 Å². The highest BCUT2D eigenvalue weighted by Crippen LogP contribution is 2.29. The van der Waals surface area contributed by atoms with Crippen molar-refractivity contribution in [2.75, 3.05) is 19.6 Å². The predicted molar refractivity (Wildman–Crippen MR) is 102 cm³/mol. The van der Waals surface area contributed by atoms with Crippen LogP contribution in [0.4, 0.5) is 18.0 Å². The Bertz CT molecular complexity index is 715. The van der Waals surface area contributed by atoms with Crippen molar-refractivity contribution in [1.29, 1.82) is 0 Å². The zero-order valence-corrected chi connectivity index (χ0v) is 16.2. The van der Waals surface area contributed by atoms with Gasteiger partial charge in [0.05, 0.1) is 11.6 Å². The Balaban J connectivity index is 1.91. The van der Waals surface area contributed by atoms with Crippen molar-refractivity contribution in [3.8, 4) is 0 Å². The first-order valence-corrected chi connectivity index (χ1v) is 9.73. The molecule has 1 unspecified atom stereocenters. The van der Waals surface area contributed by atoms with E-state index in [1.165, 1.54) is 6.07 Å². The number of thiophene rings is 1. The van der Waals surface area contributed by atoms with E-state index in [4.69, 9.17) is 0 Å². The molecule has 0 spiro atoms. The van der Waals surface area contributed by atoms with Crippen LogP contribution in [0.25, 0.3) is 0 Å². The number of nitrogens with one attached hydrogen (secondary N) is 2. The lowest BCUT2D eigenvalue weighted by molar-refractivity contribution is -0.137. The van der Waals surface area contributed by atoms with E-state index < -0.39 is 17.8 Å². The Labute approximate surface area is 161 Å². The number of hydrogen-bond acceptors (Lipinski definition) is 3.